The number of nitrogens with zero attached hydrogens (tertiary/aromatic N) is 2. The molecule has 0 aliphatic carbocycles. The van der Waals surface area contributed by atoms with Crippen LogP contribution in [0, 0.1) is 0 Å². The number of nitrogens with one attached hydrogen (secondary N) is 3. The lowest BCUT2D eigenvalue weighted by molar-refractivity contribution is 0.0930. The van der Waals surface area contributed by atoms with E-state index >= 15 is 0 Å². The first-order valence-corrected chi connectivity index (χ1v) is 5.22. The van der Waals surface area contributed by atoms with Crippen LogP contribution < -0.4 is 10.6 Å². The Morgan fingerprint density at radius 3 is 3.13 bits per heavy atom. The van der Waals surface area contributed by atoms with Gasteiger partial charge < -0.3 is 10.6 Å². The van der Waals surface area contributed by atoms with Gasteiger partial charge >= 0.3 is 0 Å². The molecule has 1 aliphatic heterocycles. The molecule has 2 heterocycles. The zero-order chi connectivity index (χ0) is 10.7. The number of hydrogen-bond acceptors (Lipinski definition) is 4. The second-order valence-corrected chi connectivity index (χ2v) is 3.62. The summed E-state index contributed by atoms with van der Waals surface area (Å²) in [5.74, 6) is 0.781. The van der Waals surface area contributed by atoms with E-state index in [1.165, 1.54) is 0 Å². The molecule has 1 fully saturated rings. The van der Waals surface area contributed by atoms with Gasteiger partial charge in [-0.1, -0.05) is 6.92 Å². The van der Waals surface area contributed by atoms with Gasteiger partial charge in [0, 0.05) is 19.0 Å². The lowest BCUT2D eigenvalue weighted by atomic mass is 10.2. The van der Waals surface area contributed by atoms with E-state index in [1.807, 2.05) is 6.92 Å². The Labute approximate surface area is 87.9 Å². The quantitative estimate of drug-likeness (QED) is 0.624. The van der Waals surface area contributed by atoms with Gasteiger partial charge in [0.05, 0.1) is 0 Å². The van der Waals surface area contributed by atoms with Crippen LogP contribution in [0.3, 0.4) is 0 Å². The third-order valence-corrected chi connectivity index (χ3v) is 2.47. The molecule has 2 rings (SSSR count). The Hall–Kier alpha value is -1.43. The highest BCUT2D eigenvalue weighted by atomic mass is 16.2. The molecule has 1 saturated heterocycles. The molecule has 0 saturated carbocycles. The molecular formula is C9H15N5O. The molecule has 6 nitrogen and oxygen atoms in total. The lowest BCUT2D eigenvalue weighted by Crippen LogP contribution is -2.36. The molecule has 1 aromatic rings. The molecule has 1 aliphatic rings. The van der Waals surface area contributed by atoms with Crippen LogP contribution >= 0.6 is 0 Å². The second-order valence-electron chi connectivity index (χ2n) is 3.62. The molecule has 82 valence electrons. The molecule has 0 unspecified atom stereocenters. The van der Waals surface area contributed by atoms with Gasteiger partial charge in [0.2, 0.25) is 5.82 Å². The highest BCUT2D eigenvalue weighted by Crippen LogP contribution is 1.99. The Morgan fingerprint density at radius 2 is 2.53 bits per heavy atom. The van der Waals surface area contributed by atoms with E-state index in [0.717, 1.165) is 31.8 Å². The van der Waals surface area contributed by atoms with Crippen molar-refractivity contribution in [2.45, 2.75) is 25.8 Å². The summed E-state index contributed by atoms with van der Waals surface area (Å²) >= 11 is 0. The third-order valence-electron chi connectivity index (χ3n) is 2.47. The van der Waals surface area contributed by atoms with E-state index in [4.69, 9.17) is 0 Å². The van der Waals surface area contributed by atoms with Crippen molar-refractivity contribution < 1.29 is 4.79 Å². The maximum atomic E-state index is 11.6. The third kappa shape index (κ3) is 2.33. The fourth-order valence-electron chi connectivity index (χ4n) is 1.58. The van der Waals surface area contributed by atoms with Crippen molar-refractivity contribution in [1.82, 2.24) is 25.8 Å². The van der Waals surface area contributed by atoms with Gasteiger partial charge in [-0.2, -0.15) is 0 Å². The summed E-state index contributed by atoms with van der Waals surface area (Å²) < 4.78 is 0. The Morgan fingerprint density at radius 1 is 1.67 bits per heavy atom. The lowest BCUT2D eigenvalue weighted by Gasteiger charge is -2.08. The average molecular weight is 209 g/mol. The van der Waals surface area contributed by atoms with Crippen LogP contribution in [0.5, 0.6) is 0 Å². The van der Waals surface area contributed by atoms with Gasteiger partial charge in [0.15, 0.2) is 0 Å². The highest BCUT2D eigenvalue weighted by Gasteiger charge is 2.19. The van der Waals surface area contributed by atoms with E-state index in [1.54, 1.807) is 0 Å². The standard InChI is InChI=1S/C9H15N5O/c1-2-7-12-8(14-13-7)9(15)11-6-3-4-10-5-6/h6,10H,2-5H2,1H3,(H,11,15)(H,12,13,14)/t6-/m1/s1. The summed E-state index contributed by atoms with van der Waals surface area (Å²) in [6.07, 6.45) is 1.72. The van der Waals surface area contributed by atoms with Crippen molar-refractivity contribution in [3.05, 3.63) is 11.6 Å². The maximum absolute atomic E-state index is 11.6. The number of H-pyrrole nitrogens is 1. The van der Waals surface area contributed by atoms with Crippen molar-refractivity contribution in [3.8, 4) is 0 Å². The van der Waals surface area contributed by atoms with Crippen LogP contribution in [0.4, 0.5) is 0 Å². The number of aryl methyl sites for hydroxylation is 1. The topological polar surface area (TPSA) is 82.7 Å². The molecule has 6 heteroatoms. The number of aromatic nitrogens is 3. The monoisotopic (exact) mass is 209 g/mol. The number of aromatic amines is 1. The number of rotatable bonds is 3. The minimum Gasteiger partial charge on any atom is -0.345 e. The molecule has 1 amide bonds. The van der Waals surface area contributed by atoms with Gasteiger partial charge in [-0.15, -0.1) is 5.10 Å². The first-order valence-electron chi connectivity index (χ1n) is 5.22. The Kier molecular flexibility index (Phi) is 2.96. The van der Waals surface area contributed by atoms with Gasteiger partial charge in [-0.25, -0.2) is 4.98 Å². The van der Waals surface area contributed by atoms with Crippen molar-refractivity contribution in [3.63, 3.8) is 0 Å². The SMILES string of the molecule is CCc1nc(C(=O)N[C@@H]2CCNC2)n[nH]1. The molecule has 1 aromatic heterocycles. The molecule has 0 spiro atoms. The fraction of sp³-hybridized carbons (Fsp3) is 0.667. The van der Waals surface area contributed by atoms with Gasteiger partial charge in [-0.3, -0.25) is 9.89 Å². The predicted octanol–water partition coefficient (Wildman–Crippen LogP) is -0.541. The van der Waals surface area contributed by atoms with E-state index in [-0.39, 0.29) is 17.8 Å². The number of carbonyl (C=O) groups is 1. The first kappa shape index (κ1) is 10.1. The fourth-order valence-corrected chi connectivity index (χ4v) is 1.58. The van der Waals surface area contributed by atoms with Crippen molar-refractivity contribution in [2.24, 2.45) is 0 Å². The van der Waals surface area contributed by atoms with E-state index in [0.29, 0.717) is 0 Å². The van der Waals surface area contributed by atoms with Gasteiger partial charge in [-0.05, 0) is 13.0 Å². The largest absolute Gasteiger partial charge is 0.345 e. The minimum absolute atomic E-state index is 0.195. The van der Waals surface area contributed by atoms with E-state index in [9.17, 15) is 4.79 Å². The van der Waals surface area contributed by atoms with Crippen LogP contribution in [-0.4, -0.2) is 40.2 Å². The maximum Gasteiger partial charge on any atom is 0.291 e. The number of amides is 1. The molecule has 0 radical (unpaired) electrons. The van der Waals surface area contributed by atoms with Crippen LogP contribution in [0.25, 0.3) is 0 Å². The molecule has 0 bridgehead atoms. The summed E-state index contributed by atoms with van der Waals surface area (Å²) in [6, 6.07) is 0.209. The number of hydrogen-bond donors (Lipinski definition) is 3. The van der Waals surface area contributed by atoms with Crippen LogP contribution in [0.15, 0.2) is 0 Å². The van der Waals surface area contributed by atoms with Crippen molar-refractivity contribution in [1.29, 1.82) is 0 Å². The molecule has 1 atom stereocenters. The normalized spacial score (nSPS) is 20.5. The Bertz CT molecular complexity index is 342. The van der Waals surface area contributed by atoms with Crippen molar-refractivity contribution >= 4 is 5.91 Å². The van der Waals surface area contributed by atoms with Crippen LogP contribution in [-0.2, 0) is 6.42 Å². The summed E-state index contributed by atoms with van der Waals surface area (Å²) in [5, 5.41) is 12.7. The van der Waals surface area contributed by atoms with Gasteiger partial charge in [0.1, 0.15) is 5.82 Å². The van der Waals surface area contributed by atoms with E-state index < -0.39 is 0 Å². The second kappa shape index (κ2) is 4.39. The summed E-state index contributed by atoms with van der Waals surface area (Å²) in [6.45, 7) is 3.75. The number of carbonyl (C=O) groups excluding carboxylic acids is 1. The zero-order valence-electron chi connectivity index (χ0n) is 8.71. The molecular weight excluding hydrogens is 194 g/mol. The van der Waals surface area contributed by atoms with Crippen LogP contribution in [0.2, 0.25) is 0 Å². The average Bonchev–Trinajstić information content (AvgIpc) is 2.86. The summed E-state index contributed by atoms with van der Waals surface area (Å²) in [4.78, 5) is 15.7. The van der Waals surface area contributed by atoms with E-state index in [2.05, 4.69) is 25.8 Å². The van der Waals surface area contributed by atoms with Crippen LogP contribution in [0.1, 0.15) is 29.8 Å². The minimum atomic E-state index is -0.195. The van der Waals surface area contributed by atoms with Crippen molar-refractivity contribution in [2.75, 3.05) is 13.1 Å². The van der Waals surface area contributed by atoms with Gasteiger partial charge in [0.25, 0.3) is 5.91 Å². The molecule has 15 heavy (non-hydrogen) atoms. The summed E-state index contributed by atoms with van der Waals surface area (Å²) in [7, 11) is 0. The smallest absolute Gasteiger partial charge is 0.291 e. The molecule has 3 N–H and O–H groups in total. The predicted molar refractivity (Wildman–Crippen MR) is 54.5 cm³/mol. The zero-order valence-corrected chi connectivity index (χ0v) is 8.71. The summed E-state index contributed by atoms with van der Waals surface area (Å²) in [5.41, 5.74) is 0. The molecule has 0 aromatic carbocycles. The Balaban J connectivity index is 1.94. The highest BCUT2D eigenvalue weighted by molar-refractivity contribution is 5.90. The first-order chi connectivity index (χ1) is 7.29.